The number of aliphatic hydroxyl groups is 1. The highest BCUT2D eigenvalue weighted by Gasteiger charge is 2.54. The molecule has 3 fully saturated rings. The molecule has 2 heterocycles. The summed E-state index contributed by atoms with van der Waals surface area (Å²) in [6, 6.07) is 11.5. The second-order valence-corrected chi connectivity index (χ2v) is 12.6. The quantitative estimate of drug-likeness (QED) is 0.335. The lowest BCUT2D eigenvalue weighted by Crippen LogP contribution is -2.73. The summed E-state index contributed by atoms with van der Waals surface area (Å²) in [4.78, 5) is 43.0. The Bertz CT molecular complexity index is 1330. The van der Waals surface area contributed by atoms with Crippen molar-refractivity contribution in [2.45, 2.75) is 94.9 Å². The highest BCUT2D eigenvalue weighted by atomic mass is 16.5. The van der Waals surface area contributed by atoms with E-state index in [1.165, 1.54) is 19.2 Å². The zero-order valence-electron chi connectivity index (χ0n) is 25.8. The summed E-state index contributed by atoms with van der Waals surface area (Å²) >= 11 is 0. The van der Waals surface area contributed by atoms with Gasteiger partial charge < -0.3 is 29.9 Å². The number of carbonyl (C=O) groups excluding carboxylic acids is 2. The van der Waals surface area contributed by atoms with Gasteiger partial charge >= 0.3 is 5.97 Å². The maximum atomic E-state index is 13.8. The number of unbranched alkanes of at least 4 members (excludes halogenated alkanes) is 1. The molecule has 2 aromatic carbocycles. The molecule has 3 aliphatic rings. The topological polar surface area (TPSA) is 129 Å². The van der Waals surface area contributed by atoms with E-state index in [2.05, 4.69) is 17.1 Å². The molecule has 2 aromatic rings. The number of carboxylic acid groups (broad SMARTS) is 1. The number of aromatic carboxylic acids is 1. The molecule has 238 valence electrons. The first-order valence-corrected chi connectivity index (χ1v) is 15.9. The fourth-order valence-electron chi connectivity index (χ4n) is 6.96. The van der Waals surface area contributed by atoms with E-state index in [1.54, 1.807) is 6.07 Å². The van der Waals surface area contributed by atoms with Gasteiger partial charge in [0.1, 0.15) is 17.3 Å². The largest absolute Gasteiger partial charge is 0.493 e. The average Bonchev–Trinajstić information content (AvgIpc) is 3.02. The van der Waals surface area contributed by atoms with Gasteiger partial charge in [0.15, 0.2) is 11.5 Å². The van der Waals surface area contributed by atoms with Crippen LogP contribution >= 0.6 is 0 Å². The van der Waals surface area contributed by atoms with E-state index >= 15 is 0 Å². The summed E-state index contributed by atoms with van der Waals surface area (Å²) < 4.78 is 11.3. The number of ether oxygens (including phenoxy) is 2. The van der Waals surface area contributed by atoms with Crippen molar-refractivity contribution in [1.82, 2.24) is 15.1 Å². The van der Waals surface area contributed by atoms with Gasteiger partial charge in [-0.15, -0.1) is 0 Å². The van der Waals surface area contributed by atoms with Crippen molar-refractivity contribution in [2.24, 2.45) is 0 Å². The molecule has 2 aliphatic heterocycles. The first kappa shape index (κ1) is 31.8. The third kappa shape index (κ3) is 6.86. The molecule has 0 unspecified atom stereocenters. The van der Waals surface area contributed by atoms with Crippen LogP contribution in [0.25, 0.3) is 0 Å². The van der Waals surface area contributed by atoms with Gasteiger partial charge in [0.05, 0.1) is 18.3 Å². The van der Waals surface area contributed by atoms with Gasteiger partial charge in [-0.25, -0.2) is 4.79 Å². The summed E-state index contributed by atoms with van der Waals surface area (Å²) in [5.74, 6) is 0.205. The molecule has 1 saturated carbocycles. The van der Waals surface area contributed by atoms with Crippen LogP contribution in [0.4, 0.5) is 0 Å². The van der Waals surface area contributed by atoms with Crippen molar-refractivity contribution in [3.05, 3.63) is 53.6 Å². The van der Waals surface area contributed by atoms with E-state index in [-0.39, 0.29) is 17.4 Å². The molecule has 0 bridgehead atoms. The minimum Gasteiger partial charge on any atom is -0.493 e. The number of amides is 2. The fraction of sp³-hybridized carbons (Fsp3) is 0.559. The number of rotatable bonds is 11. The van der Waals surface area contributed by atoms with Crippen LogP contribution in [-0.4, -0.2) is 81.7 Å². The van der Waals surface area contributed by atoms with Crippen LogP contribution in [0.3, 0.4) is 0 Å². The molecule has 10 nitrogen and oxygen atoms in total. The highest BCUT2D eigenvalue weighted by Crippen LogP contribution is 2.38. The molecule has 0 aromatic heterocycles. The Hall–Kier alpha value is -3.63. The van der Waals surface area contributed by atoms with Crippen molar-refractivity contribution >= 4 is 17.8 Å². The maximum Gasteiger partial charge on any atom is 0.335 e. The summed E-state index contributed by atoms with van der Waals surface area (Å²) in [5, 5.41) is 23.4. The Balaban J connectivity index is 1.21. The van der Waals surface area contributed by atoms with Crippen LogP contribution in [0.1, 0.15) is 87.1 Å². The number of benzene rings is 2. The van der Waals surface area contributed by atoms with Gasteiger partial charge in [-0.1, -0.05) is 44.7 Å². The van der Waals surface area contributed by atoms with Gasteiger partial charge in [-0.05, 0) is 68.0 Å². The second-order valence-electron chi connectivity index (χ2n) is 12.6. The van der Waals surface area contributed by atoms with E-state index in [0.717, 1.165) is 37.7 Å². The predicted octanol–water partition coefficient (Wildman–Crippen LogP) is 4.73. The van der Waals surface area contributed by atoms with Gasteiger partial charge in [0, 0.05) is 32.6 Å². The number of methoxy groups -OCH3 is 1. The predicted molar refractivity (Wildman–Crippen MR) is 165 cm³/mol. The van der Waals surface area contributed by atoms with Crippen LogP contribution in [-0.2, 0) is 16.1 Å². The Morgan fingerprint density at radius 3 is 2.34 bits per heavy atom. The first-order valence-electron chi connectivity index (χ1n) is 15.9. The summed E-state index contributed by atoms with van der Waals surface area (Å²) in [7, 11) is 1.47. The fourth-order valence-corrected chi connectivity index (χ4v) is 6.96. The van der Waals surface area contributed by atoms with Crippen molar-refractivity contribution in [1.29, 1.82) is 0 Å². The molecule has 1 aliphatic carbocycles. The lowest BCUT2D eigenvalue weighted by molar-refractivity contribution is -0.163. The zero-order valence-corrected chi connectivity index (χ0v) is 25.8. The minimum atomic E-state index is -1.04. The molecule has 10 heteroatoms. The number of carbonyl (C=O) groups is 3. The third-order valence-electron chi connectivity index (χ3n) is 9.56. The number of carboxylic acids is 1. The first-order chi connectivity index (χ1) is 21.2. The second kappa shape index (κ2) is 13.6. The monoisotopic (exact) mass is 607 g/mol. The molecule has 1 spiro atoms. The average molecular weight is 608 g/mol. The standard InChI is InChI=1S/C34H45N3O7/c1-3-4-18-37-30(38)27(22-33(42)14-6-5-7-15-33)35-32(41)34(37)16-19-36(20-17-34)23-24-8-11-26(12-9-24)44-28-13-10-25(31(39)40)21-29(28)43-2/h8-13,21,27,42H,3-7,14-20,22-23H2,1-2H3,(H,35,41)(H,39,40)/t27-/m1/s1. The van der Waals surface area contributed by atoms with E-state index in [4.69, 9.17) is 9.47 Å². The molecular formula is C34H45N3O7. The highest BCUT2D eigenvalue weighted by molar-refractivity contribution is 6.00. The lowest BCUT2D eigenvalue weighted by Gasteiger charge is -2.52. The summed E-state index contributed by atoms with van der Waals surface area (Å²) in [5.41, 5.74) is -0.515. The van der Waals surface area contributed by atoms with Crippen molar-refractivity contribution in [3.63, 3.8) is 0 Å². The Kier molecular flexibility index (Phi) is 9.80. The third-order valence-corrected chi connectivity index (χ3v) is 9.56. The molecule has 2 amide bonds. The van der Waals surface area contributed by atoms with Gasteiger partial charge in [0.25, 0.3) is 0 Å². The SMILES string of the molecule is CCCCN1C(=O)[C@@H](CC2(O)CCCCC2)NC(=O)C12CCN(Cc1ccc(Oc3ccc(C(=O)O)cc3OC)cc1)CC2. The van der Waals surface area contributed by atoms with Crippen LogP contribution in [0, 0.1) is 0 Å². The Labute approximate surface area is 259 Å². The summed E-state index contributed by atoms with van der Waals surface area (Å²) in [6.45, 7) is 4.72. The molecule has 5 rings (SSSR count). The molecule has 2 saturated heterocycles. The zero-order chi connectivity index (χ0) is 31.3. The van der Waals surface area contributed by atoms with Gasteiger partial charge in [-0.2, -0.15) is 0 Å². The molecule has 0 radical (unpaired) electrons. The summed E-state index contributed by atoms with van der Waals surface area (Å²) in [6.07, 6.45) is 7.59. The van der Waals surface area contributed by atoms with E-state index in [0.29, 0.717) is 75.5 Å². The normalized spacial score (nSPS) is 21.6. The van der Waals surface area contributed by atoms with Gasteiger partial charge in [0.2, 0.25) is 11.8 Å². The molecule has 44 heavy (non-hydrogen) atoms. The number of hydrogen-bond acceptors (Lipinski definition) is 7. The number of likely N-dealkylation sites (tertiary alicyclic amines) is 1. The van der Waals surface area contributed by atoms with E-state index < -0.39 is 23.2 Å². The van der Waals surface area contributed by atoms with Crippen LogP contribution < -0.4 is 14.8 Å². The number of piperidine rings is 1. The van der Waals surface area contributed by atoms with E-state index in [1.807, 2.05) is 29.2 Å². The van der Waals surface area contributed by atoms with Gasteiger partial charge in [-0.3, -0.25) is 14.5 Å². The Morgan fingerprint density at radius 2 is 1.70 bits per heavy atom. The molecular weight excluding hydrogens is 562 g/mol. The van der Waals surface area contributed by atoms with Crippen molar-refractivity contribution < 1.29 is 34.1 Å². The van der Waals surface area contributed by atoms with Crippen LogP contribution in [0.2, 0.25) is 0 Å². The number of nitrogens with one attached hydrogen (secondary N) is 1. The number of piperazine rings is 1. The molecule has 1 atom stereocenters. The van der Waals surface area contributed by atoms with Crippen LogP contribution in [0.5, 0.6) is 17.2 Å². The number of nitrogens with zero attached hydrogens (tertiary/aromatic N) is 2. The van der Waals surface area contributed by atoms with Crippen molar-refractivity contribution in [2.75, 3.05) is 26.7 Å². The lowest BCUT2D eigenvalue weighted by atomic mass is 9.77. The Morgan fingerprint density at radius 1 is 1.00 bits per heavy atom. The van der Waals surface area contributed by atoms with Crippen molar-refractivity contribution in [3.8, 4) is 17.2 Å². The number of hydrogen-bond donors (Lipinski definition) is 3. The van der Waals surface area contributed by atoms with E-state index in [9.17, 15) is 24.6 Å². The maximum absolute atomic E-state index is 13.8. The minimum absolute atomic E-state index is 0.0460. The molecule has 3 N–H and O–H groups in total. The van der Waals surface area contributed by atoms with Crippen LogP contribution in [0.15, 0.2) is 42.5 Å². The smallest absolute Gasteiger partial charge is 0.335 e.